The van der Waals surface area contributed by atoms with E-state index in [1.165, 1.54) is 25.9 Å². The summed E-state index contributed by atoms with van der Waals surface area (Å²) in [5.74, 6) is 0.168. The van der Waals surface area contributed by atoms with Crippen molar-refractivity contribution < 1.29 is 4.79 Å². The van der Waals surface area contributed by atoms with E-state index in [9.17, 15) is 4.79 Å². The van der Waals surface area contributed by atoms with Crippen molar-refractivity contribution in [2.75, 3.05) is 19.6 Å². The van der Waals surface area contributed by atoms with Crippen LogP contribution in [0.1, 0.15) is 53.4 Å². The standard InChI is InChI=1S/C15H31N3O/c1-5-13(4)17-15(19)6-9-16-14-7-10-18(11-8-14)12(2)3/h12-14,16H,5-11H2,1-4H3,(H,17,19). The van der Waals surface area contributed by atoms with Crippen LogP contribution in [0.4, 0.5) is 0 Å². The highest BCUT2D eigenvalue weighted by Gasteiger charge is 2.20. The van der Waals surface area contributed by atoms with E-state index in [0.29, 0.717) is 24.5 Å². The van der Waals surface area contributed by atoms with Gasteiger partial charge in [0.2, 0.25) is 5.91 Å². The molecular weight excluding hydrogens is 238 g/mol. The fourth-order valence-corrected chi connectivity index (χ4v) is 2.46. The zero-order valence-electron chi connectivity index (χ0n) is 13.0. The predicted molar refractivity (Wildman–Crippen MR) is 80.2 cm³/mol. The summed E-state index contributed by atoms with van der Waals surface area (Å²) in [6.07, 6.45) is 3.98. The molecule has 4 heteroatoms. The van der Waals surface area contributed by atoms with Crippen molar-refractivity contribution in [1.82, 2.24) is 15.5 Å². The van der Waals surface area contributed by atoms with E-state index in [-0.39, 0.29) is 5.91 Å². The average molecular weight is 269 g/mol. The zero-order valence-corrected chi connectivity index (χ0v) is 13.0. The SMILES string of the molecule is CCC(C)NC(=O)CCNC1CCN(C(C)C)CC1. The normalized spacial score (nSPS) is 19.6. The molecule has 1 atom stereocenters. The Morgan fingerprint density at radius 3 is 2.42 bits per heavy atom. The van der Waals surface area contributed by atoms with E-state index in [1.54, 1.807) is 0 Å². The van der Waals surface area contributed by atoms with Crippen molar-refractivity contribution in [1.29, 1.82) is 0 Å². The maximum absolute atomic E-state index is 11.6. The Bertz CT molecular complexity index is 260. The lowest BCUT2D eigenvalue weighted by atomic mass is 10.0. The van der Waals surface area contributed by atoms with E-state index < -0.39 is 0 Å². The lowest BCUT2D eigenvalue weighted by Gasteiger charge is -2.35. The van der Waals surface area contributed by atoms with Gasteiger partial charge in [-0.15, -0.1) is 0 Å². The van der Waals surface area contributed by atoms with Crippen LogP contribution < -0.4 is 10.6 Å². The molecule has 0 saturated carbocycles. The molecule has 0 bridgehead atoms. The van der Waals surface area contributed by atoms with Crippen molar-refractivity contribution in [3.05, 3.63) is 0 Å². The van der Waals surface area contributed by atoms with Gasteiger partial charge in [-0.1, -0.05) is 6.92 Å². The summed E-state index contributed by atoms with van der Waals surface area (Å²) in [5.41, 5.74) is 0. The number of nitrogens with one attached hydrogen (secondary N) is 2. The van der Waals surface area contributed by atoms with E-state index in [1.807, 2.05) is 6.92 Å². The van der Waals surface area contributed by atoms with Crippen LogP contribution >= 0.6 is 0 Å². The molecule has 112 valence electrons. The highest BCUT2D eigenvalue weighted by Crippen LogP contribution is 2.12. The number of nitrogens with zero attached hydrogens (tertiary/aromatic N) is 1. The third-order valence-electron chi connectivity index (χ3n) is 4.06. The minimum absolute atomic E-state index is 0.168. The molecule has 2 N–H and O–H groups in total. The molecule has 1 fully saturated rings. The Morgan fingerprint density at radius 1 is 1.26 bits per heavy atom. The molecule has 1 saturated heterocycles. The second-order valence-electron chi connectivity index (χ2n) is 5.98. The third kappa shape index (κ3) is 6.39. The van der Waals surface area contributed by atoms with Crippen LogP contribution in [0.25, 0.3) is 0 Å². The molecule has 0 spiro atoms. The molecule has 0 aliphatic carbocycles. The highest BCUT2D eigenvalue weighted by molar-refractivity contribution is 5.76. The molecule has 1 rings (SSSR count). The number of amides is 1. The molecule has 1 unspecified atom stereocenters. The van der Waals surface area contributed by atoms with Crippen LogP contribution in [0.2, 0.25) is 0 Å². The van der Waals surface area contributed by atoms with Crippen LogP contribution in [-0.2, 0) is 4.79 Å². The van der Waals surface area contributed by atoms with Crippen molar-refractivity contribution in [2.45, 2.75) is 71.5 Å². The summed E-state index contributed by atoms with van der Waals surface area (Å²) < 4.78 is 0. The first-order valence-corrected chi connectivity index (χ1v) is 7.79. The number of carbonyl (C=O) groups is 1. The first-order valence-electron chi connectivity index (χ1n) is 7.79. The topological polar surface area (TPSA) is 44.4 Å². The van der Waals surface area contributed by atoms with E-state index in [4.69, 9.17) is 0 Å². The molecule has 4 nitrogen and oxygen atoms in total. The molecule has 0 aromatic carbocycles. The molecule has 19 heavy (non-hydrogen) atoms. The molecule has 1 aliphatic heterocycles. The number of likely N-dealkylation sites (tertiary alicyclic amines) is 1. The largest absolute Gasteiger partial charge is 0.354 e. The Morgan fingerprint density at radius 2 is 1.89 bits per heavy atom. The Kier molecular flexibility index (Phi) is 7.39. The summed E-state index contributed by atoms with van der Waals surface area (Å²) >= 11 is 0. The minimum Gasteiger partial charge on any atom is -0.354 e. The number of hydrogen-bond donors (Lipinski definition) is 2. The maximum atomic E-state index is 11.6. The number of rotatable bonds is 7. The summed E-state index contributed by atoms with van der Waals surface area (Å²) in [6.45, 7) is 11.8. The zero-order chi connectivity index (χ0) is 14.3. The van der Waals surface area contributed by atoms with Gasteiger partial charge in [0.15, 0.2) is 0 Å². The van der Waals surface area contributed by atoms with Crippen LogP contribution in [0.15, 0.2) is 0 Å². The Labute approximate surface area is 118 Å². The fourth-order valence-electron chi connectivity index (χ4n) is 2.46. The molecule has 0 aromatic heterocycles. The van der Waals surface area contributed by atoms with Crippen LogP contribution in [-0.4, -0.2) is 48.6 Å². The average Bonchev–Trinajstić information content (AvgIpc) is 2.39. The minimum atomic E-state index is 0.168. The highest BCUT2D eigenvalue weighted by atomic mass is 16.1. The summed E-state index contributed by atoms with van der Waals surface area (Å²) in [5, 5.41) is 6.52. The van der Waals surface area contributed by atoms with Gasteiger partial charge >= 0.3 is 0 Å². The molecule has 0 aromatic rings. The van der Waals surface area contributed by atoms with E-state index in [2.05, 4.69) is 36.3 Å². The van der Waals surface area contributed by atoms with Gasteiger partial charge in [0, 0.05) is 31.1 Å². The van der Waals surface area contributed by atoms with E-state index >= 15 is 0 Å². The lowest BCUT2D eigenvalue weighted by molar-refractivity contribution is -0.121. The van der Waals surface area contributed by atoms with Gasteiger partial charge in [0.1, 0.15) is 0 Å². The summed E-state index contributed by atoms with van der Waals surface area (Å²) in [7, 11) is 0. The van der Waals surface area contributed by atoms with Crippen molar-refractivity contribution in [3.63, 3.8) is 0 Å². The van der Waals surface area contributed by atoms with Gasteiger partial charge < -0.3 is 15.5 Å². The summed E-state index contributed by atoms with van der Waals surface area (Å²) in [6, 6.07) is 1.54. The van der Waals surface area contributed by atoms with Gasteiger partial charge in [-0.2, -0.15) is 0 Å². The van der Waals surface area contributed by atoms with Crippen LogP contribution in [0.5, 0.6) is 0 Å². The van der Waals surface area contributed by atoms with Gasteiger partial charge in [0.05, 0.1) is 0 Å². The van der Waals surface area contributed by atoms with Gasteiger partial charge in [-0.25, -0.2) is 0 Å². The number of carbonyl (C=O) groups excluding carboxylic acids is 1. The van der Waals surface area contributed by atoms with Gasteiger partial charge in [0.25, 0.3) is 0 Å². The maximum Gasteiger partial charge on any atom is 0.221 e. The van der Waals surface area contributed by atoms with Crippen molar-refractivity contribution >= 4 is 5.91 Å². The van der Waals surface area contributed by atoms with Gasteiger partial charge in [-0.3, -0.25) is 4.79 Å². The Balaban J connectivity index is 2.09. The monoisotopic (exact) mass is 269 g/mol. The lowest BCUT2D eigenvalue weighted by Crippen LogP contribution is -2.45. The first-order chi connectivity index (χ1) is 9.02. The number of piperidine rings is 1. The Hall–Kier alpha value is -0.610. The molecular formula is C15H31N3O. The van der Waals surface area contributed by atoms with Crippen LogP contribution in [0, 0.1) is 0 Å². The van der Waals surface area contributed by atoms with Crippen molar-refractivity contribution in [2.24, 2.45) is 0 Å². The quantitative estimate of drug-likeness (QED) is 0.740. The second-order valence-corrected chi connectivity index (χ2v) is 5.98. The van der Waals surface area contributed by atoms with Crippen LogP contribution in [0.3, 0.4) is 0 Å². The molecule has 0 radical (unpaired) electrons. The van der Waals surface area contributed by atoms with Crippen molar-refractivity contribution in [3.8, 4) is 0 Å². The second kappa shape index (κ2) is 8.54. The molecule has 1 aliphatic rings. The fraction of sp³-hybridized carbons (Fsp3) is 0.933. The van der Waals surface area contributed by atoms with Gasteiger partial charge in [-0.05, 0) is 53.1 Å². The molecule has 1 amide bonds. The van der Waals surface area contributed by atoms with E-state index in [0.717, 1.165) is 13.0 Å². The summed E-state index contributed by atoms with van der Waals surface area (Å²) in [4.78, 5) is 14.2. The first kappa shape index (κ1) is 16.4. The smallest absolute Gasteiger partial charge is 0.221 e. The predicted octanol–water partition coefficient (Wildman–Crippen LogP) is 1.75. The molecule has 1 heterocycles. The third-order valence-corrected chi connectivity index (χ3v) is 4.06. The number of hydrogen-bond acceptors (Lipinski definition) is 3.